The number of nitrogens with one attached hydrogen (secondary N) is 2. The first-order chi connectivity index (χ1) is 8.09. The molecule has 1 saturated heterocycles. The summed E-state index contributed by atoms with van der Waals surface area (Å²) >= 11 is 0. The Labute approximate surface area is 101 Å². The van der Waals surface area contributed by atoms with Gasteiger partial charge in [-0.2, -0.15) is 0 Å². The lowest BCUT2D eigenvalue weighted by Gasteiger charge is -2.27. The van der Waals surface area contributed by atoms with Crippen molar-refractivity contribution < 1.29 is 14.7 Å². The number of carbonyl (C=O) groups is 2. The molecule has 0 aromatic heterocycles. The van der Waals surface area contributed by atoms with Gasteiger partial charge in [0, 0.05) is 6.54 Å². The van der Waals surface area contributed by atoms with Crippen molar-refractivity contribution in [3.05, 3.63) is 0 Å². The van der Waals surface area contributed by atoms with Crippen molar-refractivity contribution in [2.75, 3.05) is 13.1 Å². The Morgan fingerprint density at radius 3 is 2.65 bits per heavy atom. The number of hydrogen-bond acceptors (Lipinski definition) is 3. The third-order valence-corrected chi connectivity index (χ3v) is 4.05. The molecule has 2 unspecified atom stereocenters. The fourth-order valence-corrected chi connectivity index (χ4v) is 2.50. The summed E-state index contributed by atoms with van der Waals surface area (Å²) in [6.45, 7) is 3.48. The number of amides is 1. The van der Waals surface area contributed by atoms with Gasteiger partial charge in [-0.05, 0) is 38.1 Å². The molecule has 0 radical (unpaired) electrons. The third kappa shape index (κ3) is 2.44. The topological polar surface area (TPSA) is 78.4 Å². The molecule has 0 aromatic carbocycles. The van der Waals surface area contributed by atoms with Gasteiger partial charge in [0.25, 0.3) is 0 Å². The van der Waals surface area contributed by atoms with Crippen LogP contribution in [0.3, 0.4) is 0 Å². The van der Waals surface area contributed by atoms with Gasteiger partial charge in [0.05, 0.1) is 5.41 Å². The van der Waals surface area contributed by atoms with Gasteiger partial charge >= 0.3 is 5.97 Å². The minimum Gasteiger partial charge on any atom is -0.480 e. The highest BCUT2D eigenvalue weighted by Gasteiger charge is 2.44. The van der Waals surface area contributed by atoms with Crippen LogP contribution in [0.5, 0.6) is 0 Å². The molecular weight excluding hydrogens is 220 g/mol. The Bertz CT molecular complexity index is 320. The summed E-state index contributed by atoms with van der Waals surface area (Å²) in [4.78, 5) is 23.3. The lowest BCUT2D eigenvalue weighted by Crippen LogP contribution is -2.50. The first-order valence-corrected chi connectivity index (χ1v) is 6.33. The second-order valence-electron chi connectivity index (χ2n) is 5.19. The van der Waals surface area contributed by atoms with Gasteiger partial charge in [-0.3, -0.25) is 4.79 Å². The van der Waals surface area contributed by atoms with E-state index in [0.29, 0.717) is 6.54 Å². The van der Waals surface area contributed by atoms with E-state index >= 15 is 0 Å². The molecule has 2 rings (SSSR count). The van der Waals surface area contributed by atoms with Crippen molar-refractivity contribution in [2.45, 2.75) is 38.6 Å². The van der Waals surface area contributed by atoms with Gasteiger partial charge < -0.3 is 15.7 Å². The van der Waals surface area contributed by atoms with E-state index in [1.54, 1.807) is 0 Å². The molecule has 1 aliphatic heterocycles. The Hall–Kier alpha value is -1.10. The van der Waals surface area contributed by atoms with Crippen LogP contribution in [-0.2, 0) is 9.59 Å². The molecule has 2 fully saturated rings. The average Bonchev–Trinajstić information content (AvgIpc) is 3.02. The Balaban J connectivity index is 2.01. The summed E-state index contributed by atoms with van der Waals surface area (Å²) in [5.74, 6) is -0.859. The van der Waals surface area contributed by atoms with E-state index in [2.05, 4.69) is 10.6 Å². The smallest absolute Gasteiger partial charge is 0.326 e. The Morgan fingerprint density at radius 1 is 1.53 bits per heavy atom. The molecule has 17 heavy (non-hydrogen) atoms. The summed E-state index contributed by atoms with van der Waals surface area (Å²) in [5, 5.41) is 15.0. The summed E-state index contributed by atoms with van der Waals surface area (Å²) in [5.41, 5.74) is -0.400. The zero-order chi connectivity index (χ0) is 12.5. The van der Waals surface area contributed by atoms with Crippen molar-refractivity contribution in [3.8, 4) is 0 Å². The molecular formula is C12H20N2O3. The molecule has 1 saturated carbocycles. The van der Waals surface area contributed by atoms with Crippen molar-refractivity contribution in [2.24, 2.45) is 11.3 Å². The SMILES string of the molecule is CCC1(C(=O)NC(C(=O)O)C2CC2)CCNC1. The standard InChI is InChI=1S/C12H20N2O3/c1-2-12(5-6-13-7-12)11(17)14-9(10(15)16)8-3-4-8/h8-9,13H,2-7H2,1H3,(H,14,17)(H,15,16). The lowest BCUT2D eigenvalue weighted by atomic mass is 9.83. The van der Waals surface area contributed by atoms with Crippen molar-refractivity contribution >= 4 is 11.9 Å². The first kappa shape index (κ1) is 12.4. The number of carbonyl (C=O) groups excluding carboxylic acids is 1. The molecule has 0 spiro atoms. The zero-order valence-corrected chi connectivity index (χ0v) is 10.2. The maximum atomic E-state index is 12.2. The van der Waals surface area contributed by atoms with Crippen LogP contribution in [0.25, 0.3) is 0 Å². The van der Waals surface area contributed by atoms with Crippen LogP contribution in [0.2, 0.25) is 0 Å². The summed E-state index contributed by atoms with van der Waals surface area (Å²) in [6.07, 6.45) is 3.37. The molecule has 96 valence electrons. The van der Waals surface area contributed by atoms with E-state index in [1.807, 2.05) is 6.92 Å². The minimum absolute atomic E-state index is 0.0932. The van der Waals surface area contributed by atoms with Gasteiger partial charge in [0.2, 0.25) is 5.91 Å². The van der Waals surface area contributed by atoms with Crippen molar-refractivity contribution in [1.82, 2.24) is 10.6 Å². The number of carboxylic acid groups (broad SMARTS) is 1. The van der Waals surface area contributed by atoms with Crippen LogP contribution < -0.4 is 10.6 Å². The molecule has 1 amide bonds. The van der Waals surface area contributed by atoms with E-state index in [4.69, 9.17) is 5.11 Å². The van der Waals surface area contributed by atoms with Gasteiger partial charge in [-0.1, -0.05) is 6.92 Å². The molecule has 2 atom stereocenters. The highest BCUT2D eigenvalue weighted by Crippen LogP contribution is 2.35. The second-order valence-corrected chi connectivity index (χ2v) is 5.19. The lowest BCUT2D eigenvalue weighted by molar-refractivity contribution is -0.144. The molecule has 0 aromatic rings. The molecule has 5 heteroatoms. The number of rotatable bonds is 5. The van der Waals surface area contributed by atoms with Crippen LogP contribution >= 0.6 is 0 Å². The van der Waals surface area contributed by atoms with E-state index in [-0.39, 0.29) is 11.8 Å². The van der Waals surface area contributed by atoms with Crippen LogP contribution in [0.1, 0.15) is 32.6 Å². The minimum atomic E-state index is -0.905. The largest absolute Gasteiger partial charge is 0.480 e. The molecule has 3 N–H and O–H groups in total. The maximum absolute atomic E-state index is 12.2. The van der Waals surface area contributed by atoms with E-state index in [1.165, 1.54) is 0 Å². The van der Waals surface area contributed by atoms with Crippen molar-refractivity contribution in [1.29, 1.82) is 0 Å². The second kappa shape index (κ2) is 4.64. The van der Waals surface area contributed by atoms with Crippen LogP contribution in [0.4, 0.5) is 0 Å². The van der Waals surface area contributed by atoms with Gasteiger partial charge in [0.15, 0.2) is 0 Å². The quantitative estimate of drug-likeness (QED) is 0.648. The molecule has 1 heterocycles. The zero-order valence-electron chi connectivity index (χ0n) is 10.2. The number of carboxylic acids is 1. The van der Waals surface area contributed by atoms with Gasteiger partial charge in [0.1, 0.15) is 6.04 Å². The highest BCUT2D eigenvalue weighted by molar-refractivity contribution is 5.88. The maximum Gasteiger partial charge on any atom is 0.326 e. The molecule has 5 nitrogen and oxygen atoms in total. The van der Waals surface area contributed by atoms with E-state index in [9.17, 15) is 9.59 Å². The predicted octanol–water partition coefficient (Wildman–Crippen LogP) is 0.355. The normalized spacial score (nSPS) is 29.9. The van der Waals surface area contributed by atoms with E-state index < -0.39 is 17.4 Å². The van der Waals surface area contributed by atoms with Gasteiger partial charge in [-0.25, -0.2) is 4.79 Å². The van der Waals surface area contributed by atoms with Crippen molar-refractivity contribution in [3.63, 3.8) is 0 Å². The first-order valence-electron chi connectivity index (χ1n) is 6.33. The average molecular weight is 240 g/mol. The Morgan fingerprint density at radius 2 is 2.24 bits per heavy atom. The monoisotopic (exact) mass is 240 g/mol. The third-order valence-electron chi connectivity index (χ3n) is 4.05. The summed E-state index contributed by atoms with van der Waals surface area (Å²) < 4.78 is 0. The van der Waals surface area contributed by atoms with Gasteiger partial charge in [-0.15, -0.1) is 0 Å². The van der Waals surface area contributed by atoms with Crippen LogP contribution in [0, 0.1) is 11.3 Å². The fraction of sp³-hybridized carbons (Fsp3) is 0.833. The van der Waals surface area contributed by atoms with Crippen LogP contribution in [-0.4, -0.2) is 36.1 Å². The molecule has 0 bridgehead atoms. The number of hydrogen-bond donors (Lipinski definition) is 3. The highest BCUT2D eigenvalue weighted by atomic mass is 16.4. The molecule has 1 aliphatic carbocycles. The summed E-state index contributed by atoms with van der Waals surface area (Å²) in [6, 6.07) is -0.688. The predicted molar refractivity (Wildman–Crippen MR) is 62.5 cm³/mol. The molecule has 2 aliphatic rings. The Kier molecular flexibility index (Phi) is 3.38. The summed E-state index contributed by atoms with van der Waals surface area (Å²) in [7, 11) is 0. The number of aliphatic carboxylic acids is 1. The van der Waals surface area contributed by atoms with E-state index in [0.717, 1.165) is 32.2 Å². The fourth-order valence-electron chi connectivity index (χ4n) is 2.50. The van der Waals surface area contributed by atoms with Crippen LogP contribution in [0.15, 0.2) is 0 Å².